The van der Waals surface area contributed by atoms with Gasteiger partial charge in [0.15, 0.2) is 0 Å². The average Bonchev–Trinajstić information content (AvgIpc) is 2.77. The molecule has 2 heterocycles. The van der Waals surface area contributed by atoms with Crippen LogP contribution in [0.25, 0.3) is 0 Å². The van der Waals surface area contributed by atoms with Gasteiger partial charge in [-0.15, -0.1) is 11.3 Å². The Hall–Kier alpha value is -0.0600. The standard InChI is InChI=1S/C10H16N2S2/c1-3-12-10(4-6-13-8(10)2)9-11-5-7-14-9/h5,7-8,12H,3-4,6H2,1-2H3. The summed E-state index contributed by atoms with van der Waals surface area (Å²) in [5.74, 6) is 1.24. The molecule has 14 heavy (non-hydrogen) atoms. The Morgan fingerprint density at radius 2 is 2.57 bits per heavy atom. The summed E-state index contributed by atoms with van der Waals surface area (Å²) >= 11 is 3.82. The van der Waals surface area contributed by atoms with Gasteiger partial charge < -0.3 is 5.32 Å². The first-order valence-electron chi connectivity index (χ1n) is 5.06. The molecule has 2 unspecified atom stereocenters. The van der Waals surface area contributed by atoms with Crippen LogP contribution < -0.4 is 5.32 Å². The Kier molecular flexibility index (Phi) is 3.14. The van der Waals surface area contributed by atoms with E-state index in [0.717, 1.165) is 6.54 Å². The van der Waals surface area contributed by atoms with Gasteiger partial charge in [-0.3, -0.25) is 0 Å². The topological polar surface area (TPSA) is 24.9 Å². The van der Waals surface area contributed by atoms with Crippen molar-refractivity contribution in [2.24, 2.45) is 0 Å². The van der Waals surface area contributed by atoms with E-state index in [1.165, 1.54) is 17.2 Å². The van der Waals surface area contributed by atoms with E-state index in [-0.39, 0.29) is 5.54 Å². The summed E-state index contributed by atoms with van der Waals surface area (Å²) in [6.45, 7) is 5.50. The molecule has 4 heteroatoms. The van der Waals surface area contributed by atoms with E-state index in [1.807, 2.05) is 18.0 Å². The molecule has 1 aromatic heterocycles. The average molecular weight is 228 g/mol. The summed E-state index contributed by atoms with van der Waals surface area (Å²) in [5, 5.41) is 7.60. The highest BCUT2D eigenvalue weighted by Crippen LogP contribution is 2.43. The number of nitrogens with zero attached hydrogens (tertiary/aromatic N) is 1. The lowest BCUT2D eigenvalue weighted by molar-refractivity contribution is 0.341. The van der Waals surface area contributed by atoms with Crippen LogP contribution in [0.15, 0.2) is 11.6 Å². The number of rotatable bonds is 3. The van der Waals surface area contributed by atoms with Crippen LogP contribution in [0.5, 0.6) is 0 Å². The second-order valence-corrected chi connectivity index (χ2v) is 5.95. The molecular weight excluding hydrogens is 212 g/mol. The first-order valence-corrected chi connectivity index (χ1v) is 6.99. The Morgan fingerprint density at radius 1 is 1.71 bits per heavy atom. The first kappa shape index (κ1) is 10.5. The number of thiazole rings is 1. The zero-order valence-electron chi connectivity index (χ0n) is 8.62. The van der Waals surface area contributed by atoms with Gasteiger partial charge in [0.05, 0.1) is 5.54 Å². The molecule has 1 fully saturated rings. The third kappa shape index (κ3) is 1.59. The largest absolute Gasteiger partial charge is 0.305 e. The molecule has 2 nitrogen and oxygen atoms in total. The first-order chi connectivity index (χ1) is 6.79. The minimum absolute atomic E-state index is 0.146. The summed E-state index contributed by atoms with van der Waals surface area (Å²) in [5.41, 5.74) is 0.146. The van der Waals surface area contributed by atoms with E-state index in [9.17, 15) is 0 Å². The molecule has 0 amide bonds. The van der Waals surface area contributed by atoms with Gasteiger partial charge in [0.25, 0.3) is 0 Å². The van der Waals surface area contributed by atoms with Crippen LogP contribution in [0.1, 0.15) is 25.3 Å². The number of nitrogens with one attached hydrogen (secondary N) is 1. The van der Waals surface area contributed by atoms with Gasteiger partial charge in [-0.05, 0) is 18.7 Å². The lowest BCUT2D eigenvalue weighted by atomic mass is 9.93. The maximum atomic E-state index is 4.48. The number of thioether (sulfide) groups is 1. The van der Waals surface area contributed by atoms with Gasteiger partial charge in [-0.25, -0.2) is 4.98 Å². The Balaban J connectivity index is 2.31. The molecule has 0 bridgehead atoms. The molecule has 1 saturated heterocycles. The number of aromatic nitrogens is 1. The molecule has 0 spiro atoms. The van der Waals surface area contributed by atoms with Crippen molar-refractivity contribution in [2.45, 2.75) is 31.1 Å². The Bertz CT molecular complexity index is 286. The molecule has 0 radical (unpaired) electrons. The molecule has 0 aromatic carbocycles. The molecule has 1 aliphatic rings. The third-order valence-corrected chi connectivity index (χ3v) is 5.16. The quantitative estimate of drug-likeness (QED) is 0.860. The van der Waals surface area contributed by atoms with Crippen LogP contribution in [0.3, 0.4) is 0 Å². The Labute approximate surface area is 93.5 Å². The van der Waals surface area contributed by atoms with Crippen LogP contribution in [0.4, 0.5) is 0 Å². The molecule has 78 valence electrons. The van der Waals surface area contributed by atoms with Crippen LogP contribution in [-0.4, -0.2) is 22.5 Å². The highest BCUT2D eigenvalue weighted by atomic mass is 32.2. The van der Waals surface area contributed by atoms with E-state index < -0.39 is 0 Å². The Morgan fingerprint density at radius 3 is 3.07 bits per heavy atom. The van der Waals surface area contributed by atoms with Crippen molar-refractivity contribution in [3.8, 4) is 0 Å². The maximum absolute atomic E-state index is 4.48. The minimum Gasteiger partial charge on any atom is -0.305 e. The molecule has 1 N–H and O–H groups in total. The summed E-state index contributed by atoms with van der Waals surface area (Å²) in [4.78, 5) is 4.48. The zero-order valence-corrected chi connectivity index (χ0v) is 10.3. The molecular formula is C10H16N2S2. The van der Waals surface area contributed by atoms with Crippen LogP contribution in [0, 0.1) is 0 Å². The molecule has 1 aliphatic heterocycles. The van der Waals surface area contributed by atoms with E-state index in [0.29, 0.717) is 5.25 Å². The monoisotopic (exact) mass is 228 g/mol. The highest BCUT2D eigenvalue weighted by Gasteiger charge is 2.43. The van der Waals surface area contributed by atoms with Crippen molar-refractivity contribution < 1.29 is 0 Å². The fraction of sp³-hybridized carbons (Fsp3) is 0.700. The van der Waals surface area contributed by atoms with Crippen molar-refractivity contribution in [3.05, 3.63) is 16.6 Å². The molecule has 2 rings (SSSR count). The van der Waals surface area contributed by atoms with Crippen molar-refractivity contribution in [1.29, 1.82) is 0 Å². The fourth-order valence-corrected chi connectivity index (χ4v) is 4.49. The van der Waals surface area contributed by atoms with E-state index >= 15 is 0 Å². The summed E-state index contributed by atoms with van der Waals surface area (Å²) < 4.78 is 0. The molecule has 2 atom stereocenters. The third-order valence-electron chi connectivity index (χ3n) is 2.86. The molecule has 1 aromatic rings. The van der Waals surface area contributed by atoms with Crippen LogP contribution in [0.2, 0.25) is 0 Å². The van der Waals surface area contributed by atoms with Gasteiger partial charge in [-0.2, -0.15) is 11.8 Å². The minimum atomic E-state index is 0.146. The molecule has 0 aliphatic carbocycles. The van der Waals surface area contributed by atoms with Crippen molar-refractivity contribution in [1.82, 2.24) is 10.3 Å². The van der Waals surface area contributed by atoms with Gasteiger partial charge in [0.2, 0.25) is 0 Å². The van der Waals surface area contributed by atoms with Crippen molar-refractivity contribution in [3.63, 3.8) is 0 Å². The second-order valence-electron chi connectivity index (χ2n) is 3.60. The smallest absolute Gasteiger partial charge is 0.114 e. The van der Waals surface area contributed by atoms with Crippen LogP contribution in [-0.2, 0) is 5.54 Å². The number of hydrogen-bond donors (Lipinski definition) is 1. The van der Waals surface area contributed by atoms with Crippen molar-refractivity contribution in [2.75, 3.05) is 12.3 Å². The van der Waals surface area contributed by atoms with Gasteiger partial charge in [-0.1, -0.05) is 13.8 Å². The van der Waals surface area contributed by atoms with E-state index in [1.54, 1.807) is 11.3 Å². The normalized spacial score (nSPS) is 32.3. The van der Waals surface area contributed by atoms with Crippen LogP contribution >= 0.6 is 23.1 Å². The fourth-order valence-electron chi connectivity index (χ4n) is 2.09. The van der Waals surface area contributed by atoms with Crippen molar-refractivity contribution >= 4 is 23.1 Å². The van der Waals surface area contributed by atoms with Gasteiger partial charge in [0, 0.05) is 16.8 Å². The highest BCUT2D eigenvalue weighted by molar-refractivity contribution is 8.00. The molecule has 0 saturated carbocycles. The second kappa shape index (κ2) is 4.21. The van der Waals surface area contributed by atoms with Gasteiger partial charge >= 0.3 is 0 Å². The van der Waals surface area contributed by atoms with E-state index in [2.05, 4.69) is 29.5 Å². The summed E-state index contributed by atoms with van der Waals surface area (Å²) in [7, 11) is 0. The lowest BCUT2D eigenvalue weighted by Gasteiger charge is -2.31. The van der Waals surface area contributed by atoms with Gasteiger partial charge in [0.1, 0.15) is 5.01 Å². The summed E-state index contributed by atoms with van der Waals surface area (Å²) in [6.07, 6.45) is 3.12. The SMILES string of the molecule is CCNC1(c2nccs2)CCSC1C. The number of hydrogen-bond acceptors (Lipinski definition) is 4. The zero-order chi connectivity index (χ0) is 10.0. The summed E-state index contributed by atoms with van der Waals surface area (Å²) in [6, 6.07) is 0. The predicted molar refractivity (Wildman–Crippen MR) is 64.0 cm³/mol. The predicted octanol–water partition coefficient (Wildman–Crippen LogP) is 2.47. The maximum Gasteiger partial charge on any atom is 0.114 e. The van der Waals surface area contributed by atoms with E-state index in [4.69, 9.17) is 0 Å². The lowest BCUT2D eigenvalue weighted by Crippen LogP contribution is -2.46.